The Morgan fingerprint density at radius 3 is 3.10 bits per heavy atom. The van der Waals surface area contributed by atoms with Crippen molar-refractivity contribution in [2.45, 2.75) is 25.7 Å². The molecule has 0 radical (unpaired) electrons. The highest BCUT2D eigenvalue weighted by atomic mass is 14.9. The molecule has 0 unspecified atom stereocenters. The monoisotopic (exact) mass is 140 g/mol. The number of aliphatic imine (C=N–C) groups is 1. The van der Waals surface area contributed by atoms with Gasteiger partial charge in [-0.15, -0.1) is 0 Å². The Kier molecular flexibility index (Phi) is 4.19. The molecule has 0 saturated heterocycles. The Hall–Kier alpha value is -0.370. The number of hydrogen-bond acceptors (Lipinski definition) is 2. The van der Waals surface area contributed by atoms with E-state index in [1.807, 2.05) is 0 Å². The molecule has 0 spiro atoms. The smallest absolute Gasteiger partial charge is 0.0510 e. The van der Waals surface area contributed by atoms with Crippen molar-refractivity contribution in [2.24, 2.45) is 4.99 Å². The first-order chi connectivity index (χ1) is 5.00. The summed E-state index contributed by atoms with van der Waals surface area (Å²) in [4.78, 5) is 4.24. The molecule has 2 heteroatoms. The molecule has 0 saturated carbocycles. The van der Waals surface area contributed by atoms with Crippen LogP contribution in [0.2, 0.25) is 0 Å². The number of rotatable bonds is 0. The fourth-order valence-electron chi connectivity index (χ4n) is 1.11. The highest BCUT2D eigenvalue weighted by molar-refractivity contribution is 5.56. The summed E-state index contributed by atoms with van der Waals surface area (Å²) in [5.41, 5.74) is 0. The Balaban J connectivity index is 2.13. The normalized spacial score (nSPS) is 22.4. The quantitative estimate of drug-likeness (QED) is 0.537. The minimum atomic E-state index is 0.958. The summed E-state index contributed by atoms with van der Waals surface area (Å²) in [7, 11) is 0. The fourth-order valence-corrected chi connectivity index (χ4v) is 1.11. The van der Waals surface area contributed by atoms with Crippen LogP contribution in [0.5, 0.6) is 0 Å². The fraction of sp³-hybridized carbons (Fsp3) is 0.875. The molecule has 0 bridgehead atoms. The Labute approximate surface area is 62.7 Å². The highest BCUT2D eigenvalue weighted by Gasteiger charge is 1.90. The van der Waals surface area contributed by atoms with Gasteiger partial charge < -0.3 is 5.32 Å². The molecule has 1 rings (SSSR count). The number of hydrogen-bond donors (Lipinski definition) is 1. The molecular weight excluding hydrogens is 124 g/mol. The minimum absolute atomic E-state index is 0.958. The van der Waals surface area contributed by atoms with Gasteiger partial charge in [0.15, 0.2) is 0 Å². The average molecular weight is 140 g/mol. The van der Waals surface area contributed by atoms with Crippen LogP contribution in [0, 0.1) is 0 Å². The van der Waals surface area contributed by atoms with Gasteiger partial charge in [0, 0.05) is 6.54 Å². The van der Waals surface area contributed by atoms with Crippen LogP contribution in [0.1, 0.15) is 25.7 Å². The molecule has 10 heavy (non-hydrogen) atoms. The molecule has 1 heterocycles. The molecule has 0 aromatic carbocycles. The molecule has 0 aromatic rings. The van der Waals surface area contributed by atoms with Gasteiger partial charge in [-0.1, -0.05) is 6.42 Å². The van der Waals surface area contributed by atoms with Crippen molar-refractivity contribution >= 4 is 6.21 Å². The van der Waals surface area contributed by atoms with E-state index in [2.05, 4.69) is 16.5 Å². The second-order valence-corrected chi connectivity index (χ2v) is 2.69. The lowest BCUT2D eigenvalue weighted by atomic mass is 10.2. The first-order valence-electron chi connectivity index (χ1n) is 4.19. The number of nitrogens with one attached hydrogen (secondary N) is 1. The predicted molar refractivity (Wildman–Crippen MR) is 44.7 cm³/mol. The predicted octanol–water partition coefficient (Wildman–Crippen LogP) is 1.22. The van der Waals surface area contributed by atoms with Gasteiger partial charge in [0.25, 0.3) is 0 Å². The van der Waals surface area contributed by atoms with Crippen LogP contribution in [0.25, 0.3) is 0 Å². The van der Waals surface area contributed by atoms with Crippen molar-refractivity contribution in [1.82, 2.24) is 5.32 Å². The second-order valence-electron chi connectivity index (χ2n) is 2.69. The third-order valence-electron chi connectivity index (χ3n) is 1.73. The molecule has 0 amide bonds. The topological polar surface area (TPSA) is 24.4 Å². The lowest BCUT2D eigenvalue weighted by Crippen LogP contribution is -2.19. The van der Waals surface area contributed by atoms with Crippen molar-refractivity contribution in [3.05, 3.63) is 0 Å². The minimum Gasteiger partial charge on any atom is -0.315 e. The first kappa shape index (κ1) is 7.73. The number of nitrogens with zero attached hydrogens (tertiary/aromatic N) is 1. The van der Waals surface area contributed by atoms with E-state index in [-0.39, 0.29) is 0 Å². The van der Waals surface area contributed by atoms with E-state index in [9.17, 15) is 0 Å². The van der Waals surface area contributed by atoms with Crippen LogP contribution in [0.15, 0.2) is 4.99 Å². The van der Waals surface area contributed by atoms with E-state index in [1.54, 1.807) is 0 Å². The maximum absolute atomic E-state index is 4.24. The van der Waals surface area contributed by atoms with Crippen LogP contribution >= 0.6 is 0 Å². The third kappa shape index (κ3) is 3.62. The molecule has 0 fully saturated rings. The summed E-state index contributed by atoms with van der Waals surface area (Å²) < 4.78 is 0. The molecule has 0 atom stereocenters. The summed E-state index contributed by atoms with van der Waals surface area (Å²) in [6.45, 7) is 3.19. The lowest BCUT2D eigenvalue weighted by molar-refractivity contribution is 0.608. The SMILES string of the molecule is C1=NCCNCCCCC1. The zero-order chi connectivity index (χ0) is 7.07. The van der Waals surface area contributed by atoms with Gasteiger partial charge >= 0.3 is 0 Å². The lowest BCUT2D eigenvalue weighted by Gasteiger charge is -2.03. The van der Waals surface area contributed by atoms with Gasteiger partial charge in [-0.2, -0.15) is 0 Å². The van der Waals surface area contributed by atoms with Crippen LogP contribution in [-0.4, -0.2) is 25.8 Å². The van der Waals surface area contributed by atoms with Gasteiger partial charge in [-0.3, -0.25) is 4.99 Å². The van der Waals surface area contributed by atoms with E-state index < -0.39 is 0 Å². The molecule has 1 N–H and O–H groups in total. The molecule has 1 aliphatic heterocycles. The largest absolute Gasteiger partial charge is 0.315 e. The van der Waals surface area contributed by atoms with E-state index in [1.165, 1.54) is 32.2 Å². The Morgan fingerprint density at radius 1 is 1.10 bits per heavy atom. The van der Waals surface area contributed by atoms with E-state index >= 15 is 0 Å². The van der Waals surface area contributed by atoms with E-state index in [0.29, 0.717) is 0 Å². The van der Waals surface area contributed by atoms with Gasteiger partial charge in [-0.05, 0) is 32.0 Å². The van der Waals surface area contributed by atoms with Crippen LogP contribution in [0.3, 0.4) is 0 Å². The molecule has 0 aliphatic carbocycles. The molecule has 0 aromatic heterocycles. The molecule has 1 aliphatic rings. The van der Waals surface area contributed by atoms with Crippen molar-refractivity contribution in [3.8, 4) is 0 Å². The maximum atomic E-state index is 4.24. The van der Waals surface area contributed by atoms with Gasteiger partial charge in [0.05, 0.1) is 6.54 Å². The van der Waals surface area contributed by atoms with E-state index in [0.717, 1.165) is 13.1 Å². The van der Waals surface area contributed by atoms with Crippen molar-refractivity contribution in [1.29, 1.82) is 0 Å². The summed E-state index contributed by atoms with van der Waals surface area (Å²) in [5.74, 6) is 0. The van der Waals surface area contributed by atoms with Gasteiger partial charge in [0.2, 0.25) is 0 Å². The standard InChI is InChI=1S/C8H16N2/c1-2-4-6-10-8-7-9-5-3-1/h5,10H,1-4,6-8H2. The van der Waals surface area contributed by atoms with Crippen LogP contribution in [-0.2, 0) is 0 Å². The third-order valence-corrected chi connectivity index (χ3v) is 1.73. The zero-order valence-electron chi connectivity index (χ0n) is 6.47. The van der Waals surface area contributed by atoms with Crippen molar-refractivity contribution in [3.63, 3.8) is 0 Å². The molecular formula is C8H16N2. The Bertz CT molecular complexity index is 87.4. The zero-order valence-corrected chi connectivity index (χ0v) is 6.47. The summed E-state index contributed by atoms with van der Waals surface area (Å²) in [6.07, 6.45) is 7.23. The van der Waals surface area contributed by atoms with Crippen LogP contribution < -0.4 is 5.32 Å². The maximum Gasteiger partial charge on any atom is 0.0510 e. The van der Waals surface area contributed by atoms with E-state index in [4.69, 9.17) is 0 Å². The summed E-state index contributed by atoms with van der Waals surface area (Å²) >= 11 is 0. The Morgan fingerprint density at radius 2 is 2.10 bits per heavy atom. The van der Waals surface area contributed by atoms with Crippen LogP contribution in [0.4, 0.5) is 0 Å². The summed E-state index contributed by atoms with van der Waals surface area (Å²) in [6, 6.07) is 0. The van der Waals surface area contributed by atoms with Gasteiger partial charge in [-0.25, -0.2) is 0 Å². The molecule has 2 nitrogen and oxygen atoms in total. The van der Waals surface area contributed by atoms with Crippen molar-refractivity contribution in [2.75, 3.05) is 19.6 Å². The highest BCUT2D eigenvalue weighted by Crippen LogP contribution is 1.97. The van der Waals surface area contributed by atoms with Crippen molar-refractivity contribution < 1.29 is 0 Å². The first-order valence-corrected chi connectivity index (χ1v) is 4.19. The second kappa shape index (κ2) is 5.42. The van der Waals surface area contributed by atoms with Gasteiger partial charge in [0.1, 0.15) is 0 Å². The average Bonchev–Trinajstić information content (AvgIpc) is 2.01. The summed E-state index contributed by atoms with van der Waals surface area (Å²) in [5, 5.41) is 3.34. The molecule has 58 valence electrons.